The molecule has 3 aromatic carbocycles. The van der Waals surface area contributed by atoms with Crippen LogP contribution in [-0.4, -0.2) is 35.3 Å². The number of ether oxygens (including phenoxy) is 1. The van der Waals surface area contributed by atoms with Crippen LogP contribution in [0.15, 0.2) is 65.8 Å². The molecule has 3 aromatic rings. The van der Waals surface area contributed by atoms with Crippen LogP contribution in [0.2, 0.25) is 10.0 Å². The number of hydrazone groups is 1. The second kappa shape index (κ2) is 13.6. The minimum atomic E-state index is -0.943. The predicted molar refractivity (Wildman–Crippen MR) is 170 cm³/mol. The molecule has 0 fully saturated rings. The molecule has 0 aliphatic heterocycles. The lowest BCUT2D eigenvalue weighted by molar-refractivity contribution is -0.132. The highest BCUT2D eigenvalue weighted by atomic mass is 35.5. The number of carbonyl (C=O) groups excluding carboxylic acids is 2. The highest BCUT2D eigenvalue weighted by Gasteiger charge is 2.27. The van der Waals surface area contributed by atoms with E-state index in [1.807, 2.05) is 84.0 Å². The largest absolute Gasteiger partial charge is 0.507 e. The predicted octanol–water partition coefficient (Wildman–Crippen LogP) is 6.94. The molecule has 7 nitrogen and oxygen atoms in total. The quantitative estimate of drug-likeness (QED) is 0.180. The van der Waals surface area contributed by atoms with E-state index in [0.717, 1.165) is 22.3 Å². The number of benzene rings is 3. The highest BCUT2D eigenvalue weighted by molar-refractivity contribution is 6.35. The number of nitrogens with one attached hydrogen (secondary N) is 2. The molecule has 3 N–H and O–H groups in total. The number of aromatic hydroxyl groups is 1. The van der Waals surface area contributed by atoms with Crippen molar-refractivity contribution in [3.8, 4) is 11.5 Å². The molecule has 2 amide bonds. The second-order valence-electron chi connectivity index (χ2n) is 12.3. The van der Waals surface area contributed by atoms with Crippen molar-refractivity contribution in [1.82, 2.24) is 10.7 Å². The van der Waals surface area contributed by atoms with E-state index >= 15 is 0 Å². The molecule has 0 saturated heterocycles. The number of phenols is 1. The summed E-state index contributed by atoms with van der Waals surface area (Å²) in [5.74, 6) is -0.427. The number of phenolic OH excluding ortho intramolecular Hbond substituents is 1. The van der Waals surface area contributed by atoms with Crippen molar-refractivity contribution < 1.29 is 19.4 Å². The van der Waals surface area contributed by atoms with Crippen LogP contribution in [0.3, 0.4) is 0 Å². The smallest absolute Gasteiger partial charge is 0.262 e. The van der Waals surface area contributed by atoms with Gasteiger partial charge >= 0.3 is 0 Å². The molecule has 0 bridgehead atoms. The lowest BCUT2D eigenvalue weighted by Crippen LogP contribution is -2.50. The van der Waals surface area contributed by atoms with E-state index in [1.165, 1.54) is 12.3 Å². The third-order valence-electron chi connectivity index (χ3n) is 6.62. The van der Waals surface area contributed by atoms with Crippen molar-refractivity contribution in [3.05, 3.63) is 93.0 Å². The third-order valence-corrected chi connectivity index (χ3v) is 7.15. The summed E-state index contributed by atoms with van der Waals surface area (Å²) in [5, 5.41) is 18.7. The fraction of sp³-hybridized carbons (Fsp3) is 0.364. The SMILES string of the molecule is C[C@H](Oc1ccc(Cl)cc1Cl)C(=O)N[C@@H](Cc1ccccc1)C(=O)N/N=C\c1cc(C(C)(C)C)c(O)c(C(C)(C)C)c1. The molecule has 224 valence electrons. The topological polar surface area (TPSA) is 100 Å². The van der Waals surface area contributed by atoms with Gasteiger partial charge in [-0.25, -0.2) is 5.43 Å². The van der Waals surface area contributed by atoms with Crippen molar-refractivity contribution in [3.63, 3.8) is 0 Å². The van der Waals surface area contributed by atoms with Crippen molar-refractivity contribution >= 4 is 41.2 Å². The van der Waals surface area contributed by atoms with Gasteiger partial charge in [0, 0.05) is 22.6 Å². The number of rotatable bonds is 9. The third kappa shape index (κ3) is 8.97. The van der Waals surface area contributed by atoms with E-state index in [4.69, 9.17) is 27.9 Å². The van der Waals surface area contributed by atoms with E-state index in [9.17, 15) is 14.7 Å². The normalized spacial score (nSPS) is 13.5. The minimum Gasteiger partial charge on any atom is -0.507 e. The fourth-order valence-electron chi connectivity index (χ4n) is 4.29. The Morgan fingerprint density at radius 3 is 2.07 bits per heavy atom. The van der Waals surface area contributed by atoms with Crippen molar-refractivity contribution in [1.29, 1.82) is 0 Å². The minimum absolute atomic E-state index is 0.240. The maximum atomic E-state index is 13.3. The Kier molecular flexibility index (Phi) is 10.7. The summed E-state index contributed by atoms with van der Waals surface area (Å²) < 4.78 is 5.73. The van der Waals surface area contributed by atoms with Gasteiger partial charge in [-0.1, -0.05) is 95.1 Å². The van der Waals surface area contributed by atoms with Crippen LogP contribution in [-0.2, 0) is 26.8 Å². The number of hydrogen-bond donors (Lipinski definition) is 3. The molecule has 0 saturated carbocycles. The summed E-state index contributed by atoms with van der Waals surface area (Å²) in [6.07, 6.45) is 0.836. The Hall–Kier alpha value is -3.55. The van der Waals surface area contributed by atoms with Crippen LogP contribution in [0, 0.1) is 0 Å². The molecule has 0 unspecified atom stereocenters. The number of amides is 2. The van der Waals surface area contributed by atoms with Crippen molar-refractivity contribution in [2.24, 2.45) is 5.10 Å². The number of nitrogens with zero attached hydrogens (tertiary/aromatic N) is 1. The van der Waals surface area contributed by atoms with Crippen molar-refractivity contribution in [2.45, 2.75) is 77.9 Å². The highest BCUT2D eigenvalue weighted by Crippen LogP contribution is 2.39. The summed E-state index contributed by atoms with van der Waals surface area (Å²) in [7, 11) is 0. The lowest BCUT2D eigenvalue weighted by atomic mass is 9.78. The summed E-state index contributed by atoms with van der Waals surface area (Å²) in [6, 6.07) is 16.9. The van der Waals surface area contributed by atoms with E-state index < -0.39 is 24.0 Å². The summed E-state index contributed by atoms with van der Waals surface area (Å²) in [6.45, 7) is 13.7. The Balaban J connectivity index is 1.80. The van der Waals surface area contributed by atoms with Gasteiger partial charge in [0.05, 0.1) is 11.2 Å². The van der Waals surface area contributed by atoms with Gasteiger partial charge in [0.2, 0.25) is 0 Å². The molecule has 42 heavy (non-hydrogen) atoms. The van der Waals surface area contributed by atoms with Crippen LogP contribution in [0.5, 0.6) is 11.5 Å². The molecule has 0 heterocycles. The Labute approximate surface area is 258 Å². The number of halogens is 2. The van der Waals surface area contributed by atoms with Gasteiger partial charge in [-0.15, -0.1) is 0 Å². The van der Waals surface area contributed by atoms with Crippen LogP contribution >= 0.6 is 23.2 Å². The maximum absolute atomic E-state index is 13.3. The standard InChI is InChI=1S/C33H39Cl2N3O4/c1-20(42-28-14-13-23(34)18-26(28)35)30(40)37-27(17-21-11-9-8-10-12-21)31(41)38-36-19-22-15-24(32(2,3)4)29(39)25(16-22)33(5,6)7/h8-16,18-20,27,39H,17H2,1-7H3,(H,37,40)(H,38,41)/b36-19-/t20-,27-/m0/s1. The lowest BCUT2D eigenvalue weighted by Gasteiger charge is -2.27. The Morgan fingerprint density at radius 1 is 0.929 bits per heavy atom. The molecule has 0 aliphatic carbocycles. The molecule has 0 spiro atoms. The van der Waals surface area contributed by atoms with Gasteiger partial charge in [0.15, 0.2) is 6.10 Å². The van der Waals surface area contributed by atoms with E-state index in [2.05, 4.69) is 15.8 Å². The average Bonchev–Trinajstić information content (AvgIpc) is 2.89. The fourth-order valence-corrected chi connectivity index (χ4v) is 4.74. The van der Waals surface area contributed by atoms with Gasteiger partial charge in [-0.3, -0.25) is 9.59 Å². The van der Waals surface area contributed by atoms with E-state index in [-0.39, 0.29) is 28.0 Å². The monoisotopic (exact) mass is 611 g/mol. The van der Waals surface area contributed by atoms with Crippen LogP contribution in [0.1, 0.15) is 70.7 Å². The molecule has 0 aromatic heterocycles. The first-order chi connectivity index (χ1) is 19.6. The summed E-state index contributed by atoms with van der Waals surface area (Å²) >= 11 is 12.1. The first-order valence-electron chi connectivity index (χ1n) is 13.7. The maximum Gasteiger partial charge on any atom is 0.262 e. The molecule has 3 rings (SSSR count). The van der Waals surface area contributed by atoms with Crippen LogP contribution in [0.25, 0.3) is 0 Å². The first kappa shape index (κ1) is 33.0. The Bertz CT molecular complexity index is 1410. The zero-order valence-electron chi connectivity index (χ0n) is 25.1. The van der Waals surface area contributed by atoms with Crippen LogP contribution < -0.4 is 15.5 Å². The Morgan fingerprint density at radius 2 is 1.52 bits per heavy atom. The van der Waals surface area contributed by atoms with Crippen molar-refractivity contribution in [2.75, 3.05) is 0 Å². The molecule has 0 aliphatic rings. The van der Waals surface area contributed by atoms with Gasteiger partial charge in [0.25, 0.3) is 11.8 Å². The van der Waals surface area contributed by atoms with Gasteiger partial charge < -0.3 is 15.2 Å². The van der Waals surface area contributed by atoms with E-state index in [0.29, 0.717) is 10.8 Å². The molecule has 9 heteroatoms. The number of carbonyl (C=O) groups is 2. The zero-order valence-corrected chi connectivity index (χ0v) is 26.6. The molecule has 0 radical (unpaired) electrons. The first-order valence-corrected chi connectivity index (χ1v) is 14.5. The second-order valence-corrected chi connectivity index (χ2v) is 13.1. The zero-order chi connectivity index (χ0) is 31.2. The van der Waals surface area contributed by atoms with Gasteiger partial charge in [0.1, 0.15) is 17.5 Å². The van der Waals surface area contributed by atoms with Gasteiger partial charge in [-0.05, 0) is 59.2 Å². The van der Waals surface area contributed by atoms with E-state index in [1.54, 1.807) is 19.1 Å². The summed E-state index contributed by atoms with van der Waals surface area (Å²) in [5.41, 5.74) is 5.11. The summed E-state index contributed by atoms with van der Waals surface area (Å²) in [4.78, 5) is 26.4. The van der Waals surface area contributed by atoms with Gasteiger partial charge in [-0.2, -0.15) is 5.10 Å². The average molecular weight is 613 g/mol. The van der Waals surface area contributed by atoms with Crippen LogP contribution in [0.4, 0.5) is 0 Å². The number of hydrogen-bond acceptors (Lipinski definition) is 5. The molecule has 2 atom stereocenters. The molecular weight excluding hydrogens is 573 g/mol. The molecular formula is C33H39Cl2N3O4.